The predicted molar refractivity (Wildman–Crippen MR) is 49.9 cm³/mol. The number of aldehydes is 1. The molecule has 0 fully saturated rings. The molecule has 1 aromatic carbocycles. The van der Waals surface area contributed by atoms with Gasteiger partial charge in [0, 0.05) is 11.6 Å². The van der Waals surface area contributed by atoms with Gasteiger partial charge in [-0.25, -0.2) is 0 Å². The van der Waals surface area contributed by atoms with Crippen LogP contribution in [0.1, 0.15) is 20.7 Å². The summed E-state index contributed by atoms with van der Waals surface area (Å²) in [7, 11) is 0. The average Bonchev–Trinajstić information content (AvgIpc) is 2.27. The number of nitro benzene ring substituents is 1. The molecule has 0 saturated carbocycles. The largest absolute Gasteiger partial charge is 0.388 e. The summed E-state index contributed by atoms with van der Waals surface area (Å²) in [5.74, 6) is -0.629. The standard InChI is InChI=1S/C9H7NO5/c11-4-7-2-1-6(9(13)5-12)3-8(7)10(14)15/h1-4,12H,5H2. The van der Waals surface area contributed by atoms with E-state index in [9.17, 15) is 19.7 Å². The first-order valence-corrected chi connectivity index (χ1v) is 3.98. The van der Waals surface area contributed by atoms with Crippen molar-refractivity contribution < 1.29 is 19.6 Å². The van der Waals surface area contributed by atoms with E-state index >= 15 is 0 Å². The van der Waals surface area contributed by atoms with E-state index in [0.717, 1.165) is 6.07 Å². The Bertz CT molecular complexity index is 427. The molecule has 0 bridgehead atoms. The Labute approximate surface area is 84.3 Å². The van der Waals surface area contributed by atoms with E-state index in [1.807, 2.05) is 0 Å². The number of nitrogens with zero attached hydrogens (tertiary/aromatic N) is 1. The van der Waals surface area contributed by atoms with Gasteiger partial charge in [0.05, 0.1) is 10.5 Å². The van der Waals surface area contributed by atoms with Crippen molar-refractivity contribution in [3.05, 3.63) is 39.4 Å². The maximum atomic E-state index is 11.0. The third-order valence-corrected chi connectivity index (χ3v) is 1.82. The fraction of sp³-hybridized carbons (Fsp3) is 0.111. The number of Topliss-reactive ketones (excluding diaryl/α,β-unsaturated/α-hetero) is 1. The lowest BCUT2D eigenvalue weighted by Crippen LogP contribution is -2.05. The summed E-state index contributed by atoms with van der Waals surface area (Å²) in [5, 5.41) is 19.1. The van der Waals surface area contributed by atoms with Crippen LogP contribution in [0.4, 0.5) is 5.69 Å². The molecule has 0 aliphatic heterocycles. The highest BCUT2D eigenvalue weighted by atomic mass is 16.6. The second-order valence-corrected chi connectivity index (χ2v) is 2.73. The Hall–Kier alpha value is -2.08. The maximum Gasteiger partial charge on any atom is 0.280 e. The molecule has 0 amide bonds. The molecule has 0 aliphatic carbocycles. The molecule has 1 aromatic rings. The summed E-state index contributed by atoms with van der Waals surface area (Å²) in [4.78, 5) is 31.2. The minimum atomic E-state index is -0.752. The molecule has 6 heteroatoms. The van der Waals surface area contributed by atoms with Crippen LogP contribution < -0.4 is 0 Å². The molecule has 1 N–H and O–H groups in total. The molecule has 0 radical (unpaired) electrons. The summed E-state index contributed by atoms with van der Waals surface area (Å²) in [5.41, 5.74) is -0.534. The van der Waals surface area contributed by atoms with Gasteiger partial charge in [-0.1, -0.05) is 6.07 Å². The van der Waals surface area contributed by atoms with Crippen molar-refractivity contribution in [2.45, 2.75) is 0 Å². The Kier molecular flexibility index (Phi) is 3.25. The van der Waals surface area contributed by atoms with Crippen molar-refractivity contribution in [2.75, 3.05) is 6.61 Å². The van der Waals surface area contributed by atoms with Crippen molar-refractivity contribution in [1.82, 2.24) is 0 Å². The fourth-order valence-electron chi connectivity index (χ4n) is 1.07. The highest BCUT2D eigenvalue weighted by Crippen LogP contribution is 2.18. The fourth-order valence-corrected chi connectivity index (χ4v) is 1.07. The first-order chi connectivity index (χ1) is 7.10. The van der Waals surface area contributed by atoms with Crippen molar-refractivity contribution >= 4 is 17.8 Å². The molecule has 0 heterocycles. The molecule has 15 heavy (non-hydrogen) atoms. The van der Waals surface area contributed by atoms with Crippen LogP contribution in [0.5, 0.6) is 0 Å². The van der Waals surface area contributed by atoms with Gasteiger partial charge in [0.2, 0.25) is 0 Å². The highest BCUT2D eigenvalue weighted by Gasteiger charge is 2.16. The highest BCUT2D eigenvalue weighted by molar-refractivity contribution is 5.98. The van der Waals surface area contributed by atoms with Crippen LogP contribution in [0.3, 0.4) is 0 Å². The SMILES string of the molecule is O=Cc1ccc(C(=O)CO)cc1[N+](=O)[O-]. The van der Waals surface area contributed by atoms with E-state index in [-0.39, 0.29) is 11.1 Å². The van der Waals surface area contributed by atoms with Crippen LogP contribution in [-0.4, -0.2) is 28.7 Å². The second-order valence-electron chi connectivity index (χ2n) is 2.73. The van der Waals surface area contributed by atoms with Gasteiger partial charge in [-0.2, -0.15) is 0 Å². The lowest BCUT2D eigenvalue weighted by atomic mass is 10.1. The number of aliphatic hydroxyl groups is 1. The molecule has 6 nitrogen and oxygen atoms in total. The molecule has 0 aliphatic rings. The van der Waals surface area contributed by atoms with E-state index in [2.05, 4.69) is 0 Å². The monoisotopic (exact) mass is 209 g/mol. The first-order valence-electron chi connectivity index (χ1n) is 3.98. The van der Waals surface area contributed by atoms with Gasteiger partial charge in [-0.05, 0) is 6.07 Å². The van der Waals surface area contributed by atoms with E-state index in [1.54, 1.807) is 0 Å². The lowest BCUT2D eigenvalue weighted by molar-refractivity contribution is -0.385. The van der Waals surface area contributed by atoms with E-state index < -0.39 is 23.0 Å². The van der Waals surface area contributed by atoms with Crippen LogP contribution in [-0.2, 0) is 0 Å². The van der Waals surface area contributed by atoms with E-state index in [1.165, 1.54) is 12.1 Å². The van der Waals surface area contributed by atoms with Crippen LogP contribution in [0.2, 0.25) is 0 Å². The minimum Gasteiger partial charge on any atom is -0.388 e. The summed E-state index contributed by atoms with van der Waals surface area (Å²) in [6.07, 6.45) is 0.339. The summed E-state index contributed by atoms with van der Waals surface area (Å²) >= 11 is 0. The number of ketones is 1. The zero-order valence-corrected chi connectivity index (χ0v) is 7.54. The van der Waals surface area contributed by atoms with Gasteiger partial charge in [-0.15, -0.1) is 0 Å². The van der Waals surface area contributed by atoms with E-state index in [0.29, 0.717) is 6.29 Å². The average molecular weight is 209 g/mol. The zero-order chi connectivity index (χ0) is 11.4. The Morgan fingerprint density at radius 2 is 2.20 bits per heavy atom. The molecule has 0 aromatic heterocycles. The summed E-state index contributed by atoms with van der Waals surface area (Å²) in [6, 6.07) is 3.41. The third-order valence-electron chi connectivity index (χ3n) is 1.82. The molecular formula is C9H7NO5. The number of rotatable bonds is 4. The third kappa shape index (κ3) is 2.23. The summed E-state index contributed by atoms with van der Waals surface area (Å²) < 4.78 is 0. The van der Waals surface area contributed by atoms with Gasteiger partial charge in [0.25, 0.3) is 5.69 Å². The van der Waals surface area contributed by atoms with Crippen LogP contribution in [0.25, 0.3) is 0 Å². The summed E-state index contributed by atoms with van der Waals surface area (Å²) in [6.45, 7) is -0.725. The number of nitro groups is 1. The molecule has 0 spiro atoms. The Balaban J connectivity index is 3.27. The quantitative estimate of drug-likeness (QED) is 0.338. The molecule has 0 atom stereocenters. The number of hydrogen-bond acceptors (Lipinski definition) is 5. The van der Waals surface area contributed by atoms with Crippen LogP contribution in [0.15, 0.2) is 18.2 Å². The topological polar surface area (TPSA) is 97.5 Å². The van der Waals surface area contributed by atoms with Gasteiger partial charge in [0.1, 0.15) is 6.61 Å². The number of carbonyl (C=O) groups is 2. The minimum absolute atomic E-state index is 0.00907. The predicted octanol–water partition coefficient (Wildman–Crippen LogP) is 0.582. The van der Waals surface area contributed by atoms with Crippen molar-refractivity contribution in [3.63, 3.8) is 0 Å². The lowest BCUT2D eigenvalue weighted by Gasteiger charge is -1.99. The maximum absolute atomic E-state index is 11.0. The van der Waals surface area contributed by atoms with Crippen molar-refractivity contribution in [3.8, 4) is 0 Å². The number of aliphatic hydroxyl groups excluding tert-OH is 1. The Morgan fingerprint density at radius 3 is 2.67 bits per heavy atom. The number of carbonyl (C=O) groups excluding carboxylic acids is 2. The van der Waals surface area contributed by atoms with E-state index in [4.69, 9.17) is 5.11 Å². The molecule has 0 saturated heterocycles. The van der Waals surface area contributed by atoms with Crippen molar-refractivity contribution in [1.29, 1.82) is 0 Å². The van der Waals surface area contributed by atoms with Crippen LogP contribution in [0, 0.1) is 10.1 Å². The first kappa shape index (κ1) is 11.0. The molecule has 78 valence electrons. The van der Waals surface area contributed by atoms with Crippen LogP contribution >= 0.6 is 0 Å². The van der Waals surface area contributed by atoms with Gasteiger partial charge < -0.3 is 5.11 Å². The van der Waals surface area contributed by atoms with Gasteiger partial charge >= 0.3 is 0 Å². The second kappa shape index (κ2) is 4.43. The smallest absolute Gasteiger partial charge is 0.280 e. The molecular weight excluding hydrogens is 202 g/mol. The Morgan fingerprint density at radius 1 is 1.53 bits per heavy atom. The van der Waals surface area contributed by atoms with Gasteiger partial charge in [0.15, 0.2) is 12.1 Å². The number of hydrogen-bond donors (Lipinski definition) is 1. The normalized spacial score (nSPS) is 9.67. The van der Waals surface area contributed by atoms with Crippen molar-refractivity contribution in [2.24, 2.45) is 0 Å². The number of benzene rings is 1. The van der Waals surface area contributed by atoms with Gasteiger partial charge in [-0.3, -0.25) is 19.7 Å². The molecule has 0 unspecified atom stereocenters. The zero-order valence-electron chi connectivity index (χ0n) is 7.54. The molecule has 1 rings (SSSR count).